The molecule has 0 saturated heterocycles. The molecular formula is C22H28ClN3O3S. The number of benzene rings is 1. The fourth-order valence-corrected chi connectivity index (χ4v) is 6.07. The largest absolute Gasteiger partial charge is 0.505 e. The van der Waals surface area contributed by atoms with Crippen molar-refractivity contribution >= 4 is 40.6 Å². The van der Waals surface area contributed by atoms with Gasteiger partial charge in [-0.15, -0.1) is 0 Å². The Labute approximate surface area is 185 Å². The van der Waals surface area contributed by atoms with Crippen LogP contribution in [-0.2, 0) is 0 Å². The maximum absolute atomic E-state index is 12.4. The van der Waals surface area contributed by atoms with Gasteiger partial charge in [-0.2, -0.15) is 0 Å². The Morgan fingerprint density at radius 2 is 1.73 bits per heavy atom. The number of phenols is 1. The molecule has 6 nitrogen and oxygen atoms in total. The summed E-state index contributed by atoms with van der Waals surface area (Å²) in [6.45, 7) is 0. The van der Waals surface area contributed by atoms with Crippen molar-refractivity contribution in [2.75, 3.05) is 24.7 Å². The van der Waals surface area contributed by atoms with Crippen molar-refractivity contribution in [2.24, 2.45) is 5.41 Å². The molecule has 8 heteroatoms. The molecule has 1 unspecified atom stereocenters. The second kappa shape index (κ2) is 8.44. The van der Waals surface area contributed by atoms with Gasteiger partial charge in [0.05, 0.1) is 15.6 Å². The van der Waals surface area contributed by atoms with E-state index in [1.165, 1.54) is 50.5 Å². The molecule has 4 rings (SSSR count). The number of hydrogen-bond acceptors (Lipinski definition) is 7. The van der Waals surface area contributed by atoms with E-state index in [9.17, 15) is 14.7 Å². The number of hydrogen-bond donors (Lipinski definition) is 3. The molecule has 0 aliphatic heterocycles. The summed E-state index contributed by atoms with van der Waals surface area (Å²) in [4.78, 5) is 25.2. The first-order valence-corrected chi connectivity index (χ1v) is 11.7. The summed E-state index contributed by atoms with van der Waals surface area (Å²) in [5, 5.41) is 17.5. The number of aromatic hydroxyl groups is 1. The predicted octanol–water partition coefficient (Wildman–Crippen LogP) is 4.87. The van der Waals surface area contributed by atoms with Gasteiger partial charge in [0.15, 0.2) is 5.75 Å². The molecule has 162 valence electrons. The molecule has 0 bridgehead atoms. The zero-order chi connectivity index (χ0) is 21.5. The topological polar surface area (TPSA) is 81.7 Å². The van der Waals surface area contributed by atoms with Crippen LogP contribution in [0.25, 0.3) is 0 Å². The highest BCUT2D eigenvalue weighted by atomic mass is 35.5. The van der Waals surface area contributed by atoms with Gasteiger partial charge in [0.25, 0.3) is 10.9 Å². The van der Waals surface area contributed by atoms with E-state index in [-0.39, 0.29) is 22.9 Å². The van der Waals surface area contributed by atoms with Gasteiger partial charge >= 0.3 is 0 Å². The SMILES string of the molecule is CN(C)Sc1c(Cl)ccc(Nc2c(NC3CCCC34CCCCC4)c(=O)c2=O)c1O. The molecule has 2 aromatic rings. The van der Waals surface area contributed by atoms with Crippen LogP contribution in [-0.4, -0.2) is 29.5 Å². The number of rotatable bonds is 6. The van der Waals surface area contributed by atoms with E-state index in [4.69, 9.17) is 11.6 Å². The maximum Gasteiger partial charge on any atom is 0.253 e. The van der Waals surface area contributed by atoms with Gasteiger partial charge < -0.3 is 15.7 Å². The normalized spacial score (nSPS) is 20.9. The summed E-state index contributed by atoms with van der Waals surface area (Å²) in [5.74, 6) is -0.0372. The van der Waals surface area contributed by atoms with Crippen LogP contribution in [0.15, 0.2) is 26.6 Å². The van der Waals surface area contributed by atoms with Crippen LogP contribution >= 0.6 is 23.5 Å². The van der Waals surface area contributed by atoms with E-state index in [0.29, 0.717) is 21.3 Å². The van der Waals surface area contributed by atoms with Crippen LogP contribution in [0.5, 0.6) is 5.75 Å². The monoisotopic (exact) mass is 449 g/mol. The molecule has 1 spiro atoms. The van der Waals surface area contributed by atoms with E-state index in [1.54, 1.807) is 12.1 Å². The molecule has 0 amide bonds. The highest BCUT2D eigenvalue weighted by molar-refractivity contribution is 7.97. The standard InChI is InChI=1S/C22H28ClN3O3S/c1-26(2)30-21-13(23)8-9-14(18(21)27)24-16-17(20(29)19(16)28)25-15-7-6-12-22(15)10-4-3-5-11-22/h8-9,15,24-25,27H,3-7,10-12H2,1-2H3. The van der Waals surface area contributed by atoms with Crippen LogP contribution in [0.4, 0.5) is 17.1 Å². The summed E-state index contributed by atoms with van der Waals surface area (Å²) >= 11 is 7.52. The number of nitrogens with one attached hydrogen (secondary N) is 2. The van der Waals surface area contributed by atoms with E-state index in [0.717, 1.165) is 12.8 Å². The van der Waals surface area contributed by atoms with Crippen LogP contribution < -0.4 is 21.5 Å². The van der Waals surface area contributed by atoms with Crippen molar-refractivity contribution in [1.82, 2.24) is 4.31 Å². The average molecular weight is 450 g/mol. The first kappa shape index (κ1) is 21.5. The van der Waals surface area contributed by atoms with Crippen molar-refractivity contribution in [3.63, 3.8) is 0 Å². The fraction of sp³-hybridized carbons (Fsp3) is 0.545. The minimum atomic E-state index is -0.552. The zero-order valence-electron chi connectivity index (χ0n) is 17.4. The van der Waals surface area contributed by atoms with E-state index >= 15 is 0 Å². The molecular weight excluding hydrogens is 422 g/mol. The van der Waals surface area contributed by atoms with Crippen LogP contribution in [0.3, 0.4) is 0 Å². The molecule has 2 fully saturated rings. The third kappa shape index (κ3) is 3.83. The molecule has 0 aromatic heterocycles. The van der Waals surface area contributed by atoms with Crippen molar-refractivity contribution in [3.8, 4) is 5.75 Å². The van der Waals surface area contributed by atoms with E-state index in [2.05, 4.69) is 10.6 Å². The lowest BCUT2D eigenvalue weighted by atomic mass is 9.70. The molecule has 2 saturated carbocycles. The summed E-state index contributed by atoms with van der Waals surface area (Å²) < 4.78 is 1.82. The lowest BCUT2D eigenvalue weighted by Crippen LogP contribution is -2.43. The van der Waals surface area contributed by atoms with Gasteiger partial charge in [0, 0.05) is 6.04 Å². The molecule has 2 aliphatic carbocycles. The molecule has 30 heavy (non-hydrogen) atoms. The summed E-state index contributed by atoms with van der Waals surface area (Å²) in [5.41, 5.74) is 0.158. The molecule has 1 atom stereocenters. The van der Waals surface area contributed by atoms with Crippen molar-refractivity contribution in [3.05, 3.63) is 37.6 Å². The number of halogens is 1. The van der Waals surface area contributed by atoms with Crippen LogP contribution in [0, 0.1) is 5.41 Å². The lowest BCUT2D eigenvalue weighted by Gasteiger charge is -2.40. The predicted molar refractivity (Wildman–Crippen MR) is 124 cm³/mol. The molecule has 0 heterocycles. The number of nitrogens with zero attached hydrogens (tertiary/aromatic N) is 1. The van der Waals surface area contributed by atoms with Crippen LogP contribution in [0.2, 0.25) is 5.02 Å². The Morgan fingerprint density at radius 1 is 1.07 bits per heavy atom. The third-order valence-corrected chi connectivity index (χ3v) is 7.99. The van der Waals surface area contributed by atoms with Crippen molar-refractivity contribution < 1.29 is 5.11 Å². The lowest BCUT2D eigenvalue weighted by molar-refractivity contribution is 0.181. The number of phenolic OH excluding ortho intramolecular Hbond substituents is 1. The highest BCUT2D eigenvalue weighted by Gasteiger charge is 2.44. The van der Waals surface area contributed by atoms with Gasteiger partial charge in [0.2, 0.25) is 0 Å². The Morgan fingerprint density at radius 3 is 2.43 bits per heavy atom. The van der Waals surface area contributed by atoms with Gasteiger partial charge in [0.1, 0.15) is 11.4 Å². The van der Waals surface area contributed by atoms with Gasteiger partial charge in [-0.05, 0) is 69.3 Å². The molecule has 0 radical (unpaired) electrons. The fourth-order valence-electron chi connectivity index (χ4n) is 5.09. The smallest absolute Gasteiger partial charge is 0.253 e. The first-order chi connectivity index (χ1) is 14.3. The minimum absolute atomic E-state index is 0.0372. The summed E-state index contributed by atoms with van der Waals surface area (Å²) in [6.07, 6.45) is 9.49. The minimum Gasteiger partial charge on any atom is -0.505 e. The van der Waals surface area contributed by atoms with Crippen molar-refractivity contribution in [1.29, 1.82) is 0 Å². The maximum atomic E-state index is 12.4. The van der Waals surface area contributed by atoms with Gasteiger partial charge in [-0.25, -0.2) is 0 Å². The Bertz CT molecular complexity index is 1010. The van der Waals surface area contributed by atoms with Crippen LogP contribution in [0.1, 0.15) is 51.4 Å². The highest BCUT2D eigenvalue weighted by Crippen LogP contribution is 2.50. The quantitative estimate of drug-likeness (QED) is 0.329. The summed E-state index contributed by atoms with van der Waals surface area (Å²) in [7, 11) is 3.70. The van der Waals surface area contributed by atoms with Gasteiger partial charge in [-0.1, -0.05) is 37.3 Å². The van der Waals surface area contributed by atoms with Gasteiger partial charge in [-0.3, -0.25) is 13.9 Å². The third-order valence-electron chi connectivity index (χ3n) is 6.60. The molecule has 3 N–H and O–H groups in total. The molecule has 2 aliphatic rings. The van der Waals surface area contributed by atoms with Crippen molar-refractivity contribution in [2.45, 2.75) is 62.3 Å². The number of anilines is 3. The van der Waals surface area contributed by atoms with E-state index in [1.807, 2.05) is 18.4 Å². The zero-order valence-corrected chi connectivity index (χ0v) is 19.0. The second-order valence-electron chi connectivity index (χ2n) is 8.72. The molecule has 2 aromatic carbocycles. The Balaban J connectivity index is 1.59. The summed E-state index contributed by atoms with van der Waals surface area (Å²) in [6, 6.07) is 3.51. The average Bonchev–Trinajstić information content (AvgIpc) is 3.10. The Hall–Kier alpha value is -1.70. The Kier molecular flexibility index (Phi) is 6.06. The van der Waals surface area contributed by atoms with E-state index < -0.39 is 10.9 Å². The second-order valence-corrected chi connectivity index (χ2v) is 10.5. The first-order valence-electron chi connectivity index (χ1n) is 10.6.